The van der Waals surface area contributed by atoms with Crippen LogP contribution in [0.3, 0.4) is 0 Å². The molecule has 4 rings (SSSR count). The summed E-state index contributed by atoms with van der Waals surface area (Å²) in [5.74, 6) is 0.805. The molecule has 0 saturated carbocycles. The quantitative estimate of drug-likeness (QED) is 0.930. The van der Waals surface area contributed by atoms with Crippen LogP contribution in [0.15, 0.2) is 30.3 Å². The number of ether oxygens (including phenoxy) is 1. The van der Waals surface area contributed by atoms with E-state index in [1.807, 2.05) is 24.3 Å². The molecule has 3 heterocycles. The number of benzene rings is 1. The lowest BCUT2D eigenvalue weighted by molar-refractivity contribution is 0.0368. The highest BCUT2D eigenvalue weighted by Gasteiger charge is 2.33. The molecule has 5 nitrogen and oxygen atoms in total. The lowest BCUT2D eigenvalue weighted by Crippen LogP contribution is -2.49. The van der Waals surface area contributed by atoms with Gasteiger partial charge in [0, 0.05) is 17.3 Å². The number of fused-ring (bicyclic) bond motifs is 2. The molecule has 0 radical (unpaired) electrons. The molecule has 0 unspecified atom stereocenters. The van der Waals surface area contributed by atoms with Crippen molar-refractivity contribution >= 4 is 16.8 Å². The molecule has 0 aliphatic carbocycles. The van der Waals surface area contributed by atoms with Gasteiger partial charge in [-0.15, -0.1) is 0 Å². The smallest absolute Gasteiger partial charge is 0.267 e. The Kier molecular flexibility index (Phi) is 4.57. The first kappa shape index (κ1) is 16.3. The minimum absolute atomic E-state index is 0.277. The van der Waals surface area contributed by atoms with Crippen molar-refractivity contribution in [3.05, 3.63) is 36.0 Å². The van der Waals surface area contributed by atoms with Crippen molar-refractivity contribution in [2.24, 2.45) is 11.7 Å². The van der Waals surface area contributed by atoms with Gasteiger partial charge in [-0.2, -0.15) is 0 Å². The van der Waals surface area contributed by atoms with Crippen LogP contribution >= 0.6 is 0 Å². The zero-order chi connectivity index (χ0) is 17.2. The number of para-hydroxylation sites is 1. The Balaban J connectivity index is 1.54. The third-order valence-corrected chi connectivity index (χ3v) is 5.62. The summed E-state index contributed by atoms with van der Waals surface area (Å²) in [4.78, 5) is 18.5. The predicted octanol–water partition coefficient (Wildman–Crippen LogP) is 2.98. The van der Waals surface area contributed by atoms with Gasteiger partial charge < -0.3 is 10.5 Å². The van der Waals surface area contributed by atoms with Crippen LogP contribution in [0.25, 0.3) is 10.9 Å². The number of rotatable bonds is 4. The van der Waals surface area contributed by atoms with Crippen LogP contribution in [0.2, 0.25) is 0 Å². The number of pyridine rings is 1. The molecule has 0 spiro atoms. The summed E-state index contributed by atoms with van der Waals surface area (Å²) in [7, 11) is 0. The fraction of sp³-hybridized carbons (Fsp3) is 0.500. The first-order valence-corrected chi connectivity index (χ1v) is 9.29. The molecule has 2 aromatic rings. The van der Waals surface area contributed by atoms with Gasteiger partial charge in [0.2, 0.25) is 0 Å². The van der Waals surface area contributed by atoms with Crippen molar-refractivity contribution < 1.29 is 9.53 Å². The van der Waals surface area contributed by atoms with Crippen molar-refractivity contribution in [2.45, 2.75) is 38.1 Å². The Morgan fingerprint density at radius 3 is 2.92 bits per heavy atom. The van der Waals surface area contributed by atoms with E-state index in [1.165, 1.54) is 45.2 Å². The van der Waals surface area contributed by atoms with Crippen LogP contribution in [-0.4, -0.2) is 41.5 Å². The molecular formula is C20H25N3O2. The molecule has 1 amide bonds. The highest BCUT2D eigenvalue weighted by atomic mass is 16.5. The summed E-state index contributed by atoms with van der Waals surface area (Å²) in [6.45, 7) is 3.18. The van der Waals surface area contributed by atoms with E-state index >= 15 is 0 Å². The standard InChI is InChI=1S/C20H25N3O2/c21-20(24)16-10-9-14-5-3-8-18(19(14)22-16)25-13-15-6-4-12-23-11-2-1-7-17(15)23/h3,5,8-10,15,17H,1-2,4,6-7,11-13H2,(H2,21,24)/t15-,17+/m0/s1. The minimum Gasteiger partial charge on any atom is -0.491 e. The average Bonchev–Trinajstić information content (AvgIpc) is 2.65. The van der Waals surface area contributed by atoms with Crippen LogP contribution in [-0.2, 0) is 0 Å². The lowest BCUT2D eigenvalue weighted by atomic mass is 9.84. The number of hydrogen-bond acceptors (Lipinski definition) is 4. The van der Waals surface area contributed by atoms with E-state index < -0.39 is 5.91 Å². The molecule has 2 aliphatic heterocycles. The first-order valence-electron chi connectivity index (χ1n) is 9.29. The number of piperidine rings is 2. The molecule has 1 aromatic heterocycles. The molecule has 132 valence electrons. The zero-order valence-electron chi connectivity index (χ0n) is 14.5. The fourth-order valence-corrected chi connectivity index (χ4v) is 4.34. The van der Waals surface area contributed by atoms with Crippen molar-refractivity contribution in [2.75, 3.05) is 19.7 Å². The van der Waals surface area contributed by atoms with Gasteiger partial charge in [-0.05, 0) is 50.9 Å². The van der Waals surface area contributed by atoms with Gasteiger partial charge in [0.15, 0.2) is 0 Å². The molecule has 2 atom stereocenters. The van der Waals surface area contributed by atoms with Gasteiger partial charge in [-0.1, -0.05) is 24.6 Å². The zero-order valence-corrected chi connectivity index (χ0v) is 14.5. The summed E-state index contributed by atoms with van der Waals surface area (Å²) < 4.78 is 6.20. The van der Waals surface area contributed by atoms with Crippen molar-refractivity contribution in [3.8, 4) is 5.75 Å². The molecule has 25 heavy (non-hydrogen) atoms. The summed E-state index contributed by atoms with van der Waals surface area (Å²) in [5.41, 5.74) is 6.37. The number of carbonyl (C=O) groups is 1. The summed E-state index contributed by atoms with van der Waals surface area (Å²) >= 11 is 0. The van der Waals surface area contributed by atoms with E-state index in [0.717, 1.165) is 16.7 Å². The highest BCUT2D eigenvalue weighted by molar-refractivity contribution is 5.94. The van der Waals surface area contributed by atoms with Gasteiger partial charge in [0.05, 0.1) is 6.61 Å². The third-order valence-electron chi connectivity index (χ3n) is 5.62. The number of nitrogens with two attached hydrogens (primary N) is 1. The average molecular weight is 339 g/mol. The van der Waals surface area contributed by atoms with Gasteiger partial charge in [0.1, 0.15) is 17.0 Å². The predicted molar refractivity (Wildman–Crippen MR) is 97.7 cm³/mol. The molecule has 2 saturated heterocycles. The second-order valence-corrected chi connectivity index (χ2v) is 7.20. The third kappa shape index (κ3) is 3.33. The summed E-state index contributed by atoms with van der Waals surface area (Å²) in [6.07, 6.45) is 6.42. The summed E-state index contributed by atoms with van der Waals surface area (Å²) in [5, 5.41) is 0.963. The molecular weight excluding hydrogens is 314 g/mol. The van der Waals surface area contributed by atoms with Crippen molar-refractivity contribution in [1.29, 1.82) is 0 Å². The summed E-state index contributed by atoms with van der Waals surface area (Å²) in [6, 6.07) is 10.1. The topological polar surface area (TPSA) is 68.5 Å². The molecule has 5 heteroatoms. The van der Waals surface area contributed by atoms with Gasteiger partial charge in [-0.25, -0.2) is 4.98 Å². The Labute approximate surface area is 148 Å². The normalized spacial score (nSPS) is 24.0. The maximum atomic E-state index is 11.4. The van der Waals surface area contributed by atoms with Crippen LogP contribution in [0, 0.1) is 5.92 Å². The maximum Gasteiger partial charge on any atom is 0.267 e. The van der Waals surface area contributed by atoms with Crippen molar-refractivity contribution in [1.82, 2.24) is 9.88 Å². The largest absolute Gasteiger partial charge is 0.491 e. The first-order chi connectivity index (χ1) is 12.2. The SMILES string of the molecule is NC(=O)c1ccc2cccc(OC[C@@H]3CCCN4CCCC[C@H]34)c2n1. The van der Waals surface area contributed by atoms with E-state index in [4.69, 9.17) is 10.5 Å². The van der Waals surface area contributed by atoms with E-state index in [9.17, 15) is 4.79 Å². The Morgan fingerprint density at radius 2 is 2.04 bits per heavy atom. The Hall–Kier alpha value is -2.14. The van der Waals surface area contributed by atoms with Gasteiger partial charge >= 0.3 is 0 Å². The molecule has 2 N–H and O–H groups in total. The van der Waals surface area contributed by atoms with Gasteiger partial charge in [-0.3, -0.25) is 9.69 Å². The number of aromatic nitrogens is 1. The Morgan fingerprint density at radius 1 is 1.16 bits per heavy atom. The monoisotopic (exact) mass is 339 g/mol. The maximum absolute atomic E-state index is 11.4. The molecule has 1 aromatic carbocycles. The van der Waals surface area contributed by atoms with Crippen LogP contribution in [0.5, 0.6) is 5.75 Å². The van der Waals surface area contributed by atoms with Gasteiger partial charge in [0.25, 0.3) is 5.91 Å². The van der Waals surface area contributed by atoms with Crippen LogP contribution in [0.4, 0.5) is 0 Å². The van der Waals surface area contributed by atoms with E-state index in [1.54, 1.807) is 6.07 Å². The number of nitrogens with zero attached hydrogens (tertiary/aromatic N) is 2. The Bertz CT molecular complexity index is 775. The van der Waals surface area contributed by atoms with Crippen molar-refractivity contribution in [3.63, 3.8) is 0 Å². The number of primary amides is 1. The molecule has 2 aliphatic rings. The minimum atomic E-state index is -0.512. The number of amides is 1. The van der Waals surface area contributed by atoms with Crippen LogP contribution < -0.4 is 10.5 Å². The number of carbonyl (C=O) groups excluding carboxylic acids is 1. The van der Waals surface area contributed by atoms with Crippen LogP contribution in [0.1, 0.15) is 42.6 Å². The fourth-order valence-electron chi connectivity index (χ4n) is 4.34. The molecule has 0 bridgehead atoms. The number of hydrogen-bond donors (Lipinski definition) is 1. The second kappa shape index (κ2) is 7.00. The second-order valence-electron chi connectivity index (χ2n) is 7.20. The molecule has 2 fully saturated rings. The highest BCUT2D eigenvalue weighted by Crippen LogP contribution is 2.32. The van der Waals surface area contributed by atoms with E-state index in [-0.39, 0.29) is 5.69 Å². The van der Waals surface area contributed by atoms with E-state index in [2.05, 4.69) is 9.88 Å². The van der Waals surface area contributed by atoms with E-state index in [0.29, 0.717) is 18.6 Å². The lowest BCUT2D eigenvalue weighted by Gasteiger charge is -2.44.